The standard InChI is InChI=1S/C21H35N3O3S.HI/c1-6-17(4)27-19-12-16(3)8-9-18(19)13-23-20(22-7-2)24-14-21(10-11-21)15-28(5,25)26;/h8-9,12,17H,6-7,10-11,13-15H2,1-5H3,(H2,22,23,24);1H. The van der Waals surface area contributed by atoms with Crippen molar-refractivity contribution in [3.05, 3.63) is 29.3 Å². The molecule has 166 valence electrons. The second-order valence-electron chi connectivity index (χ2n) is 8.07. The fourth-order valence-corrected chi connectivity index (χ4v) is 4.59. The van der Waals surface area contributed by atoms with E-state index in [0.717, 1.165) is 42.7 Å². The molecule has 6 nitrogen and oxygen atoms in total. The number of ether oxygens (including phenoxy) is 1. The topological polar surface area (TPSA) is 79.8 Å². The zero-order chi connectivity index (χ0) is 20.8. The zero-order valence-corrected chi connectivity index (χ0v) is 21.4. The van der Waals surface area contributed by atoms with Crippen LogP contribution in [0.2, 0.25) is 0 Å². The van der Waals surface area contributed by atoms with Crippen LogP contribution in [-0.4, -0.2) is 45.6 Å². The Hall–Kier alpha value is -1.03. The molecule has 29 heavy (non-hydrogen) atoms. The van der Waals surface area contributed by atoms with Gasteiger partial charge in [-0.1, -0.05) is 19.1 Å². The van der Waals surface area contributed by atoms with Gasteiger partial charge in [-0.3, -0.25) is 0 Å². The number of rotatable bonds is 10. The summed E-state index contributed by atoms with van der Waals surface area (Å²) >= 11 is 0. The summed E-state index contributed by atoms with van der Waals surface area (Å²) in [6, 6.07) is 6.19. The molecule has 1 saturated carbocycles. The van der Waals surface area contributed by atoms with Gasteiger partial charge in [-0.05, 0) is 51.7 Å². The molecule has 1 aliphatic rings. The van der Waals surface area contributed by atoms with Gasteiger partial charge < -0.3 is 15.4 Å². The quantitative estimate of drug-likeness (QED) is 0.271. The largest absolute Gasteiger partial charge is 0.490 e. The lowest BCUT2D eigenvalue weighted by Crippen LogP contribution is -2.41. The van der Waals surface area contributed by atoms with E-state index in [0.29, 0.717) is 19.0 Å². The number of hydrogen-bond donors (Lipinski definition) is 2. The Morgan fingerprint density at radius 1 is 1.28 bits per heavy atom. The highest BCUT2D eigenvalue weighted by Crippen LogP contribution is 2.46. The molecule has 0 aliphatic heterocycles. The van der Waals surface area contributed by atoms with Gasteiger partial charge in [-0.2, -0.15) is 0 Å². The first-order chi connectivity index (χ1) is 13.2. The van der Waals surface area contributed by atoms with Crippen LogP contribution in [-0.2, 0) is 16.4 Å². The Balaban J connectivity index is 0.00000420. The van der Waals surface area contributed by atoms with Crippen LogP contribution in [0.5, 0.6) is 5.75 Å². The maximum absolute atomic E-state index is 11.7. The second kappa shape index (κ2) is 11.4. The van der Waals surface area contributed by atoms with Gasteiger partial charge in [-0.25, -0.2) is 13.4 Å². The van der Waals surface area contributed by atoms with Crippen molar-refractivity contribution in [2.45, 2.75) is 59.6 Å². The molecule has 0 aromatic heterocycles. The fraction of sp³-hybridized carbons (Fsp3) is 0.667. The summed E-state index contributed by atoms with van der Waals surface area (Å²) in [4.78, 5) is 4.70. The molecule has 0 amide bonds. The van der Waals surface area contributed by atoms with Crippen molar-refractivity contribution in [2.75, 3.05) is 25.1 Å². The predicted octanol–water partition coefficient (Wildman–Crippen LogP) is 3.67. The van der Waals surface area contributed by atoms with Crippen molar-refractivity contribution >= 4 is 39.8 Å². The molecule has 0 spiro atoms. The van der Waals surface area contributed by atoms with Crippen LogP contribution in [0, 0.1) is 12.3 Å². The van der Waals surface area contributed by atoms with E-state index in [4.69, 9.17) is 9.73 Å². The summed E-state index contributed by atoms with van der Waals surface area (Å²) in [5.41, 5.74) is 2.06. The monoisotopic (exact) mass is 537 g/mol. The summed E-state index contributed by atoms with van der Waals surface area (Å²) in [5, 5.41) is 6.58. The minimum Gasteiger partial charge on any atom is -0.490 e. The Labute approximate surface area is 193 Å². The van der Waals surface area contributed by atoms with Crippen molar-refractivity contribution in [1.29, 1.82) is 0 Å². The molecule has 2 rings (SSSR count). The van der Waals surface area contributed by atoms with Crippen LogP contribution in [0.15, 0.2) is 23.2 Å². The molecule has 1 aromatic carbocycles. The smallest absolute Gasteiger partial charge is 0.191 e. The minimum absolute atomic E-state index is 0. The lowest BCUT2D eigenvalue weighted by Gasteiger charge is -2.19. The van der Waals surface area contributed by atoms with Crippen molar-refractivity contribution < 1.29 is 13.2 Å². The Kier molecular flexibility index (Phi) is 10.2. The molecule has 1 atom stereocenters. The van der Waals surface area contributed by atoms with Crippen molar-refractivity contribution in [3.8, 4) is 5.75 Å². The third-order valence-corrected chi connectivity index (χ3v) is 6.17. The summed E-state index contributed by atoms with van der Waals surface area (Å²) < 4.78 is 29.4. The molecular weight excluding hydrogens is 501 g/mol. The number of halogens is 1. The molecule has 0 bridgehead atoms. The van der Waals surface area contributed by atoms with Gasteiger partial charge in [0, 0.05) is 30.3 Å². The summed E-state index contributed by atoms with van der Waals surface area (Å²) in [6.07, 6.45) is 4.29. The van der Waals surface area contributed by atoms with E-state index < -0.39 is 9.84 Å². The average Bonchev–Trinajstić information content (AvgIpc) is 3.36. The fourth-order valence-electron chi connectivity index (χ4n) is 3.08. The molecule has 0 radical (unpaired) electrons. The number of hydrogen-bond acceptors (Lipinski definition) is 4. The van der Waals surface area contributed by atoms with Gasteiger partial charge in [0.25, 0.3) is 0 Å². The Morgan fingerprint density at radius 2 is 1.97 bits per heavy atom. The van der Waals surface area contributed by atoms with Gasteiger partial charge in [-0.15, -0.1) is 24.0 Å². The molecule has 1 fully saturated rings. The van der Waals surface area contributed by atoms with Gasteiger partial charge >= 0.3 is 0 Å². The van der Waals surface area contributed by atoms with Crippen LogP contribution in [0.3, 0.4) is 0 Å². The molecule has 0 heterocycles. The van der Waals surface area contributed by atoms with Gasteiger partial charge in [0.1, 0.15) is 15.6 Å². The summed E-state index contributed by atoms with van der Waals surface area (Å²) in [5.74, 6) is 1.82. The van der Waals surface area contributed by atoms with Gasteiger partial charge in [0.15, 0.2) is 5.96 Å². The summed E-state index contributed by atoms with van der Waals surface area (Å²) in [6.45, 7) is 10.1. The maximum Gasteiger partial charge on any atom is 0.191 e. The maximum atomic E-state index is 11.7. The molecule has 0 saturated heterocycles. The predicted molar refractivity (Wildman–Crippen MR) is 131 cm³/mol. The van der Waals surface area contributed by atoms with Gasteiger partial charge in [0.05, 0.1) is 18.4 Å². The zero-order valence-electron chi connectivity index (χ0n) is 18.2. The van der Waals surface area contributed by atoms with E-state index in [9.17, 15) is 8.42 Å². The van der Waals surface area contributed by atoms with E-state index in [-0.39, 0.29) is 41.2 Å². The highest BCUT2D eigenvalue weighted by molar-refractivity contribution is 14.0. The van der Waals surface area contributed by atoms with E-state index in [1.807, 2.05) is 6.92 Å². The van der Waals surface area contributed by atoms with E-state index in [2.05, 4.69) is 49.6 Å². The number of aryl methyl sites for hydroxylation is 1. The van der Waals surface area contributed by atoms with E-state index in [1.165, 1.54) is 6.26 Å². The molecule has 8 heteroatoms. The lowest BCUT2D eigenvalue weighted by molar-refractivity contribution is 0.215. The SMILES string of the molecule is CCNC(=NCc1ccc(C)cc1OC(C)CC)NCC1(CS(C)(=O)=O)CC1.I. The Bertz CT molecular complexity index is 792. The highest BCUT2D eigenvalue weighted by atomic mass is 127. The van der Waals surface area contributed by atoms with Crippen LogP contribution < -0.4 is 15.4 Å². The third-order valence-electron chi connectivity index (χ3n) is 5.03. The number of benzene rings is 1. The normalized spacial score (nSPS) is 16.5. The molecule has 1 unspecified atom stereocenters. The number of guanidine groups is 1. The number of aliphatic imine (C=N–C) groups is 1. The lowest BCUT2D eigenvalue weighted by atomic mass is 10.1. The van der Waals surface area contributed by atoms with Crippen LogP contribution >= 0.6 is 24.0 Å². The van der Waals surface area contributed by atoms with Crippen LogP contribution in [0.1, 0.15) is 51.2 Å². The molecule has 2 N–H and O–H groups in total. The molecular formula is C21H36IN3O3S. The highest BCUT2D eigenvalue weighted by Gasteiger charge is 2.45. The number of sulfone groups is 1. The van der Waals surface area contributed by atoms with E-state index >= 15 is 0 Å². The first-order valence-electron chi connectivity index (χ1n) is 10.1. The summed E-state index contributed by atoms with van der Waals surface area (Å²) in [7, 11) is -2.98. The number of nitrogens with zero attached hydrogens (tertiary/aromatic N) is 1. The van der Waals surface area contributed by atoms with Crippen molar-refractivity contribution in [3.63, 3.8) is 0 Å². The first-order valence-corrected chi connectivity index (χ1v) is 12.2. The van der Waals surface area contributed by atoms with E-state index in [1.54, 1.807) is 0 Å². The van der Waals surface area contributed by atoms with Crippen LogP contribution in [0.25, 0.3) is 0 Å². The van der Waals surface area contributed by atoms with Gasteiger partial charge in [0.2, 0.25) is 0 Å². The Morgan fingerprint density at radius 3 is 2.52 bits per heavy atom. The molecule has 1 aromatic rings. The average molecular weight is 538 g/mol. The van der Waals surface area contributed by atoms with Crippen molar-refractivity contribution in [1.82, 2.24) is 10.6 Å². The third kappa shape index (κ3) is 9.11. The second-order valence-corrected chi connectivity index (χ2v) is 10.2. The van der Waals surface area contributed by atoms with Crippen molar-refractivity contribution in [2.24, 2.45) is 10.4 Å². The number of nitrogens with one attached hydrogen (secondary N) is 2. The first kappa shape index (κ1) is 26.0. The minimum atomic E-state index is -2.98. The van der Waals surface area contributed by atoms with Crippen LogP contribution in [0.4, 0.5) is 0 Å². The molecule has 1 aliphatic carbocycles.